The molecule has 38 valence electrons. The molecular weight excluding hydrogens is 106 g/mol. The Kier molecular flexibility index (Phi) is 3.24. The summed E-state index contributed by atoms with van der Waals surface area (Å²) >= 11 is -2.04. The standard InChI is InChI=1S/CH5NO3S/c1-5-2-6(3)4/h2H,1H3,(H,3,4). The first-order valence-electron chi connectivity index (χ1n) is 1.17. The van der Waals surface area contributed by atoms with Gasteiger partial charge in [-0.3, -0.25) is 9.39 Å². The maximum atomic E-state index is 9.47. The maximum Gasteiger partial charge on any atom is 0.256 e. The second-order valence-electron chi connectivity index (χ2n) is 0.537. The van der Waals surface area contributed by atoms with E-state index in [0.717, 1.165) is 0 Å². The van der Waals surface area contributed by atoms with Crippen molar-refractivity contribution < 1.29 is 13.6 Å². The molecule has 0 aliphatic carbocycles. The van der Waals surface area contributed by atoms with Gasteiger partial charge in [0, 0.05) is 0 Å². The highest BCUT2D eigenvalue weighted by Crippen LogP contribution is 1.56. The Morgan fingerprint density at radius 3 is 2.50 bits per heavy atom. The lowest BCUT2D eigenvalue weighted by Crippen LogP contribution is -2.13. The van der Waals surface area contributed by atoms with E-state index in [1.54, 1.807) is 4.89 Å². The second-order valence-corrected chi connectivity index (χ2v) is 1.20. The molecule has 0 fully saturated rings. The van der Waals surface area contributed by atoms with Crippen LogP contribution in [0.15, 0.2) is 0 Å². The predicted molar refractivity (Wildman–Crippen MR) is 20.9 cm³/mol. The molecule has 1 atom stereocenters. The highest BCUT2D eigenvalue weighted by molar-refractivity contribution is 7.76. The van der Waals surface area contributed by atoms with Crippen LogP contribution in [0.25, 0.3) is 0 Å². The van der Waals surface area contributed by atoms with Crippen LogP contribution < -0.4 is 4.89 Å². The van der Waals surface area contributed by atoms with Crippen LogP contribution in [0.4, 0.5) is 0 Å². The molecule has 0 amide bonds. The van der Waals surface area contributed by atoms with Gasteiger partial charge < -0.3 is 0 Å². The third-order valence-corrected chi connectivity index (χ3v) is 0.464. The Balaban J connectivity index is 2.83. The minimum Gasteiger partial charge on any atom is -0.292 e. The predicted octanol–water partition coefficient (Wildman–Crippen LogP) is -0.726. The Labute approximate surface area is 37.9 Å². The average molecular weight is 111 g/mol. The fourth-order valence-electron chi connectivity index (χ4n) is 0.0713. The molecular formula is CH5NO3S. The Hall–Kier alpha value is 0.0300. The first-order valence-corrected chi connectivity index (χ1v) is 2.27. The van der Waals surface area contributed by atoms with Crippen LogP contribution in [0.5, 0.6) is 0 Å². The molecule has 0 saturated heterocycles. The van der Waals surface area contributed by atoms with Gasteiger partial charge in [-0.25, -0.2) is 4.21 Å². The van der Waals surface area contributed by atoms with Crippen molar-refractivity contribution in [2.45, 2.75) is 0 Å². The summed E-state index contributed by atoms with van der Waals surface area (Å²) in [6.45, 7) is 0. The Morgan fingerprint density at radius 2 is 2.50 bits per heavy atom. The molecule has 0 bridgehead atoms. The van der Waals surface area contributed by atoms with Gasteiger partial charge in [0.25, 0.3) is 11.3 Å². The van der Waals surface area contributed by atoms with Crippen molar-refractivity contribution in [3.05, 3.63) is 0 Å². The number of rotatable bonds is 2. The van der Waals surface area contributed by atoms with Gasteiger partial charge in [-0.05, 0) is 0 Å². The van der Waals surface area contributed by atoms with Gasteiger partial charge in [-0.2, -0.15) is 0 Å². The molecule has 0 aromatic rings. The van der Waals surface area contributed by atoms with Gasteiger partial charge in [0.05, 0.1) is 7.11 Å². The van der Waals surface area contributed by atoms with E-state index >= 15 is 0 Å². The average Bonchev–Trinajstić information content (AvgIpc) is 1.35. The van der Waals surface area contributed by atoms with Gasteiger partial charge in [-0.1, -0.05) is 4.89 Å². The van der Waals surface area contributed by atoms with Crippen molar-refractivity contribution in [2.75, 3.05) is 7.11 Å². The van der Waals surface area contributed by atoms with Gasteiger partial charge >= 0.3 is 0 Å². The van der Waals surface area contributed by atoms with Gasteiger partial charge in [-0.15, -0.1) is 0 Å². The third kappa shape index (κ3) is 4.03. The monoisotopic (exact) mass is 111 g/mol. The Bertz CT molecular complexity index is 54.8. The zero-order valence-electron chi connectivity index (χ0n) is 3.17. The summed E-state index contributed by atoms with van der Waals surface area (Å²) in [6, 6.07) is 0. The topological polar surface area (TPSA) is 58.6 Å². The smallest absolute Gasteiger partial charge is 0.256 e. The largest absolute Gasteiger partial charge is 0.292 e. The minimum absolute atomic E-state index is 1.26. The fraction of sp³-hybridized carbons (Fsp3) is 1.00. The summed E-state index contributed by atoms with van der Waals surface area (Å²) in [5, 5.41) is 0. The SMILES string of the molecule is CONS(=O)O. The molecule has 5 heteroatoms. The van der Waals surface area contributed by atoms with E-state index in [1.165, 1.54) is 7.11 Å². The number of nitrogens with one attached hydrogen (secondary N) is 1. The number of hydrogen-bond acceptors (Lipinski definition) is 2. The van der Waals surface area contributed by atoms with Gasteiger partial charge in [0.1, 0.15) is 0 Å². The lowest BCUT2D eigenvalue weighted by Gasteiger charge is -1.87. The molecule has 0 saturated carbocycles. The third-order valence-electron chi connectivity index (χ3n) is 0.155. The summed E-state index contributed by atoms with van der Waals surface area (Å²) in [5.74, 6) is 0. The molecule has 0 rings (SSSR count). The van der Waals surface area contributed by atoms with Crippen LogP contribution >= 0.6 is 0 Å². The zero-order valence-corrected chi connectivity index (χ0v) is 3.99. The summed E-state index contributed by atoms with van der Waals surface area (Å²) in [5.41, 5.74) is 0. The van der Waals surface area contributed by atoms with Crippen LogP contribution in [0.1, 0.15) is 0 Å². The first kappa shape index (κ1) is 6.03. The van der Waals surface area contributed by atoms with Gasteiger partial charge in [0.15, 0.2) is 0 Å². The normalized spacial score (nSPS) is 14.3. The van der Waals surface area contributed by atoms with Gasteiger partial charge in [0.2, 0.25) is 0 Å². The van der Waals surface area contributed by atoms with E-state index in [2.05, 4.69) is 4.84 Å². The Morgan fingerprint density at radius 1 is 2.00 bits per heavy atom. The molecule has 0 heterocycles. The molecule has 0 radical (unpaired) electrons. The quantitative estimate of drug-likeness (QED) is 0.365. The van der Waals surface area contributed by atoms with Crippen LogP contribution in [0.3, 0.4) is 0 Å². The lowest BCUT2D eigenvalue weighted by atomic mass is 11.7. The summed E-state index contributed by atoms with van der Waals surface area (Å²) < 4.78 is 17.3. The second kappa shape index (κ2) is 3.23. The number of hydrogen-bond donors (Lipinski definition) is 2. The molecule has 0 aliphatic rings. The van der Waals surface area contributed by atoms with E-state index in [-0.39, 0.29) is 0 Å². The van der Waals surface area contributed by atoms with Crippen LogP contribution in [0, 0.1) is 0 Å². The van der Waals surface area contributed by atoms with Crippen molar-refractivity contribution in [3.63, 3.8) is 0 Å². The van der Waals surface area contributed by atoms with E-state index in [9.17, 15) is 4.21 Å². The van der Waals surface area contributed by atoms with E-state index in [1.807, 2.05) is 0 Å². The molecule has 0 aromatic heterocycles. The molecule has 4 nitrogen and oxygen atoms in total. The summed E-state index contributed by atoms with van der Waals surface area (Å²) in [6.07, 6.45) is 0. The van der Waals surface area contributed by atoms with Crippen LogP contribution in [-0.4, -0.2) is 15.9 Å². The van der Waals surface area contributed by atoms with E-state index in [4.69, 9.17) is 4.55 Å². The first-order chi connectivity index (χ1) is 2.77. The summed E-state index contributed by atoms with van der Waals surface area (Å²) in [4.78, 5) is 5.74. The van der Waals surface area contributed by atoms with Crippen molar-refractivity contribution >= 4 is 11.3 Å². The van der Waals surface area contributed by atoms with Crippen LogP contribution in [0.2, 0.25) is 0 Å². The zero-order chi connectivity index (χ0) is 4.99. The minimum atomic E-state index is -2.04. The molecule has 0 aromatic carbocycles. The lowest BCUT2D eigenvalue weighted by molar-refractivity contribution is 0.151. The highest BCUT2D eigenvalue weighted by atomic mass is 32.2. The van der Waals surface area contributed by atoms with E-state index < -0.39 is 11.3 Å². The van der Waals surface area contributed by atoms with Crippen molar-refractivity contribution in [1.29, 1.82) is 0 Å². The molecule has 1 unspecified atom stereocenters. The van der Waals surface area contributed by atoms with Crippen LogP contribution in [-0.2, 0) is 16.1 Å². The van der Waals surface area contributed by atoms with Crippen molar-refractivity contribution in [3.8, 4) is 0 Å². The molecule has 2 N–H and O–H groups in total. The maximum absolute atomic E-state index is 9.47. The van der Waals surface area contributed by atoms with Crippen molar-refractivity contribution in [1.82, 2.24) is 4.89 Å². The molecule has 0 spiro atoms. The van der Waals surface area contributed by atoms with Crippen molar-refractivity contribution in [2.24, 2.45) is 0 Å². The highest BCUT2D eigenvalue weighted by Gasteiger charge is 1.80. The molecule has 6 heavy (non-hydrogen) atoms. The molecule has 0 aliphatic heterocycles. The fourth-order valence-corrected chi connectivity index (χ4v) is 0.214. The van der Waals surface area contributed by atoms with E-state index in [0.29, 0.717) is 0 Å². The summed E-state index contributed by atoms with van der Waals surface area (Å²) in [7, 11) is 1.26.